The summed E-state index contributed by atoms with van der Waals surface area (Å²) in [6.45, 7) is 7.80. The van der Waals surface area contributed by atoms with Gasteiger partial charge in [0.2, 0.25) is 0 Å². The molecule has 1 aliphatic heterocycles. The molecule has 24 heavy (non-hydrogen) atoms. The fraction of sp³-hybridized carbons (Fsp3) is 0.588. The molecule has 0 spiro atoms. The van der Waals surface area contributed by atoms with E-state index in [9.17, 15) is 4.39 Å². The van der Waals surface area contributed by atoms with Crippen LogP contribution in [0, 0.1) is 5.82 Å². The van der Waals surface area contributed by atoms with Crippen LogP contribution in [0.5, 0.6) is 5.75 Å². The van der Waals surface area contributed by atoms with Crippen molar-refractivity contribution >= 4 is 17.3 Å². The van der Waals surface area contributed by atoms with Crippen LogP contribution in [0.3, 0.4) is 0 Å². The highest BCUT2D eigenvalue weighted by molar-refractivity contribution is 7.80. The maximum Gasteiger partial charge on any atom is 0.166 e. The minimum absolute atomic E-state index is 0.0738. The Morgan fingerprint density at radius 3 is 2.83 bits per heavy atom. The van der Waals surface area contributed by atoms with Gasteiger partial charge in [-0.3, -0.25) is 0 Å². The second-order valence-electron chi connectivity index (χ2n) is 5.98. The highest BCUT2D eigenvalue weighted by Crippen LogP contribution is 2.21. The minimum atomic E-state index is -0.365. The Morgan fingerprint density at radius 1 is 1.42 bits per heavy atom. The van der Waals surface area contributed by atoms with E-state index in [1.807, 2.05) is 13.0 Å². The quantitative estimate of drug-likeness (QED) is 0.495. The Balaban J connectivity index is 1.68. The molecule has 1 aromatic carbocycles. The van der Waals surface area contributed by atoms with E-state index in [4.69, 9.17) is 21.7 Å². The molecule has 1 heterocycles. The Bertz CT molecular complexity index is 539. The third-order valence-corrected chi connectivity index (χ3v) is 4.48. The largest absolute Gasteiger partial charge is 0.494 e. The number of rotatable bonds is 7. The van der Waals surface area contributed by atoms with E-state index in [-0.39, 0.29) is 17.6 Å². The summed E-state index contributed by atoms with van der Waals surface area (Å²) in [6.07, 6.45) is 1.06. The maximum atomic E-state index is 13.8. The van der Waals surface area contributed by atoms with Crippen LogP contribution in [0.1, 0.15) is 24.9 Å². The van der Waals surface area contributed by atoms with Crippen molar-refractivity contribution in [3.63, 3.8) is 0 Å². The van der Waals surface area contributed by atoms with Crippen molar-refractivity contribution in [1.82, 2.24) is 10.6 Å². The number of ether oxygens (including phenoxy) is 2. The summed E-state index contributed by atoms with van der Waals surface area (Å²) in [5.41, 5.74) is 0.829. The number of morpholine rings is 1. The Kier molecular flexibility index (Phi) is 7.68. The lowest BCUT2D eigenvalue weighted by Crippen LogP contribution is -3.14. The van der Waals surface area contributed by atoms with Crippen molar-refractivity contribution in [2.45, 2.75) is 19.4 Å². The van der Waals surface area contributed by atoms with Crippen molar-refractivity contribution in [2.24, 2.45) is 0 Å². The zero-order valence-corrected chi connectivity index (χ0v) is 15.2. The van der Waals surface area contributed by atoms with Crippen LogP contribution < -0.4 is 20.3 Å². The lowest BCUT2D eigenvalue weighted by molar-refractivity contribution is -0.908. The van der Waals surface area contributed by atoms with Crippen LogP contribution in [0.15, 0.2) is 18.2 Å². The normalized spacial score (nSPS) is 16.5. The molecule has 1 aliphatic rings. The van der Waals surface area contributed by atoms with Crippen LogP contribution in [-0.2, 0) is 4.74 Å². The molecule has 1 aromatic rings. The molecular formula is C17H27FN3O2S+. The number of quaternary nitrogens is 1. The number of benzene rings is 1. The van der Waals surface area contributed by atoms with Gasteiger partial charge in [-0.2, -0.15) is 0 Å². The van der Waals surface area contributed by atoms with Gasteiger partial charge in [-0.15, -0.1) is 0 Å². The molecule has 0 radical (unpaired) electrons. The summed E-state index contributed by atoms with van der Waals surface area (Å²) in [5, 5.41) is 7.00. The third kappa shape index (κ3) is 5.89. The van der Waals surface area contributed by atoms with Gasteiger partial charge in [-0.25, -0.2) is 4.39 Å². The minimum Gasteiger partial charge on any atom is -0.494 e. The van der Waals surface area contributed by atoms with Crippen molar-refractivity contribution in [2.75, 3.05) is 46.5 Å². The molecule has 0 amide bonds. The second kappa shape index (κ2) is 9.76. The summed E-state index contributed by atoms with van der Waals surface area (Å²) in [7, 11) is 1.46. The molecule has 1 atom stereocenters. The molecule has 3 N–H and O–H groups in total. The predicted octanol–water partition coefficient (Wildman–Crippen LogP) is 0.665. The number of hydrogen-bond acceptors (Lipinski definition) is 3. The molecule has 0 aromatic heterocycles. The van der Waals surface area contributed by atoms with Gasteiger partial charge in [0.1, 0.15) is 13.1 Å². The molecule has 1 saturated heterocycles. The zero-order chi connectivity index (χ0) is 17.4. The van der Waals surface area contributed by atoms with Gasteiger partial charge >= 0.3 is 0 Å². The molecule has 0 bridgehead atoms. The molecule has 7 heteroatoms. The topological polar surface area (TPSA) is 47.0 Å². The van der Waals surface area contributed by atoms with E-state index in [2.05, 4.69) is 10.6 Å². The van der Waals surface area contributed by atoms with Gasteiger partial charge in [0.15, 0.2) is 16.7 Å². The van der Waals surface area contributed by atoms with E-state index in [0.29, 0.717) is 5.11 Å². The monoisotopic (exact) mass is 356 g/mol. The van der Waals surface area contributed by atoms with Crippen molar-refractivity contribution in [1.29, 1.82) is 0 Å². The summed E-state index contributed by atoms with van der Waals surface area (Å²) < 4.78 is 24.0. The molecular weight excluding hydrogens is 329 g/mol. The molecule has 134 valence electrons. The number of hydrogen-bond donors (Lipinski definition) is 3. The Morgan fingerprint density at radius 2 is 2.17 bits per heavy atom. The molecule has 0 saturated carbocycles. The summed E-state index contributed by atoms with van der Waals surface area (Å²) in [5.74, 6) is -0.117. The summed E-state index contributed by atoms with van der Waals surface area (Å²) in [6, 6.07) is 4.87. The Hall–Kier alpha value is -1.44. The smallest absolute Gasteiger partial charge is 0.166 e. The highest BCUT2D eigenvalue weighted by atomic mass is 32.1. The third-order valence-electron chi connectivity index (χ3n) is 4.22. The summed E-state index contributed by atoms with van der Waals surface area (Å²) in [4.78, 5) is 1.59. The first-order valence-electron chi connectivity index (χ1n) is 8.39. The lowest BCUT2D eigenvalue weighted by Gasteiger charge is -2.24. The molecule has 0 aliphatic carbocycles. The van der Waals surface area contributed by atoms with Gasteiger partial charge in [0, 0.05) is 13.0 Å². The zero-order valence-electron chi connectivity index (χ0n) is 14.4. The SMILES string of the molecule is COc1ccc([C@@H](C)NC(=S)NCCC[NH+]2CCOCC2)cc1F. The standard InChI is InChI=1S/C17H26FN3O2S/c1-13(14-4-5-16(22-2)15(18)12-14)20-17(24)19-6-3-7-21-8-10-23-11-9-21/h4-5,12-13H,3,6-11H2,1-2H3,(H2,19,20,24)/p+1/t13-/m1/s1. The van der Waals surface area contributed by atoms with Gasteiger partial charge in [-0.05, 0) is 36.8 Å². The van der Waals surface area contributed by atoms with Crippen LogP contribution in [0.25, 0.3) is 0 Å². The van der Waals surface area contributed by atoms with Gasteiger partial charge in [0.25, 0.3) is 0 Å². The average Bonchev–Trinajstić information content (AvgIpc) is 2.59. The number of nitrogens with one attached hydrogen (secondary N) is 3. The van der Waals surface area contributed by atoms with E-state index < -0.39 is 0 Å². The second-order valence-corrected chi connectivity index (χ2v) is 6.39. The highest BCUT2D eigenvalue weighted by Gasteiger charge is 2.13. The first-order valence-corrected chi connectivity index (χ1v) is 8.80. The lowest BCUT2D eigenvalue weighted by atomic mass is 10.1. The van der Waals surface area contributed by atoms with E-state index in [1.54, 1.807) is 11.0 Å². The van der Waals surface area contributed by atoms with Crippen molar-refractivity contribution < 1.29 is 18.8 Å². The molecule has 2 rings (SSSR count). The predicted molar refractivity (Wildman–Crippen MR) is 96.1 cm³/mol. The van der Waals surface area contributed by atoms with Crippen LogP contribution >= 0.6 is 12.2 Å². The van der Waals surface area contributed by atoms with Crippen LogP contribution in [-0.4, -0.2) is 51.6 Å². The first-order chi connectivity index (χ1) is 11.6. The average molecular weight is 356 g/mol. The maximum absolute atomic E-state index is 13.8. The van der Waals surface area contributed by atoms with Gasteiger partial charge in [0.05, 0.1) is 32.9 Å². The van der Waals surface area contributed by atoms with Crippen LogP contribution in [0.2, 0.25) is 0 Å². The van der Waals surface area contributed by atoms with Gasteiger partial charge < -0.3 is 25.0 Å². The molecule has 5 nitrogen and oxygen atoms in total. The fourth-order valence-electron chi connectivity index (χ4n) is 2.73. The van der Waals surface area contributed by atoms with Crippen molar-refractivity contribution in [3.05, 3.63) is 29.6 Å². The molecule has 1 fully saturated rings. The Labute approximate surface area is 148 Å². The van der Waals surface area contributed by atoms with Crippen molar-refractivity contribution in [3.8, 4) is 5.75 Å². The number of methoxy groups -OCH3 is 1. The van der Waals surface area contributed by atoms with Gasteiger partial charge in [-0.1, -0.05) is 6.07 Å². The fourth-order valence-corrected chi connectivity index (χ4v) is 3.01. The summed E-state index contributed by atoms with van der Waals surface area (Å²) >= 11 is 5.31. The van der Waals surface area contributed by atoms with E-state index >= 15 is 0 Å². The molecule has 0 unspecified atom stereocenters. The van der Waals surface area contributed by atoms with Crippen LogP contribution in [0.4, 0.5) is 4.39 Å². The number of thiocarbonyl (C=S) groups is 1. The van der Waals surface area contributed by atoms with E-state index in [1.165, 1.54) is 13.2 Å². The number of halogens is 1. The van der Waals surface area contributed by atoms with E-state index in [0.717, 1.165) is 51.4 Å². The first kappa shape index (κ1) is 18.9.